The van der Waals surface area contributed by atoms with Crippen LogP contribution in [-0.2, 0) is 17.6 Å². The topological polar surface area (TPSA) is 38.3 Å². The second-order valence-electron chi connectivity index (χ2n) is 4.75. The molecule has 0 aliphatic carbocycles. The number of fused-ring (bicyclic) bond motifs is 1. The van der Waals surface area contributed by atoms with Crippen LogP contribution in [0, 0.1) is 3.57 Å². The SMILES string of the molecule is O=C(Cc1ccc2c(c1)CCO2)Nc1ccccc1I. The summed E-state index contributed by atoms with van der Waals surface area (Å²) in [6.45, 7) is 0.743. The molecule has 0 aromatic heterocycles. The third-order valence-electron chi connectivity index (χ3n) is 3.27. The molecule has 3 nitrogen and oxygen atoms in total. The van der Waals surface area contributed by atoms with Gasteiger partial charge in [0.1, 0.15) is 5.75 Å². The Kier molecular flexibility index (Phi) is 3.91. The molecular formula is C16H14INO2. The van der Waals surface area contributed by atoms with Gasteiger partial charge < -0.3 is 10.1 Å². The number of hydrogen-bond donors (Lipinski definition) is 1. The van der Waals surface area contributed by atoms with Gasteiger partial charge in [0.25, 0.3) is 0 Å². The summed E-state index contributed by atoms with van der Waals surface area (Å²) in [5.74, 6) is 0.958. The molecular weight excluding hydrogens is 365 g/mol. The molecule has 20 heavy (non-hydrogen) atoms. The molecule has 0 fully saturated rings. The highest BCUT2D eigenvalue weighted by molar-refractivity contribution is 14.1. The lowest BCUT2D eigenvalue weighted by Crippen LogP contribution is -2.15. The molecule has 0 spiro atoms. The maximum absolute atomic E-state index is 12.1. The fourth-order valence-electron chi connectivity index (χ4n) is 2.29. The lowest BCUT2D eigenvalue weighted by molar-refractivity contribution is -0.115. The number of anilines is 1. The maximum atomic E-state index is 12.1. The minimum absolute atomic E-state index is 0.00739. The average molecular weight is 379 g/mol. The van der Waals surface area contributed by atoms with E-state index in [1.54, 1.807) is 0 Å². The summed E-state index contributed by atoms with van der Waals surface area (Å²) in [5.41, 5.74) is 3.09. The molecule has 0 radical (unpaired) electrons. The predicted octanol–water partition coefficient (Wildman–Crippen LogP) is 3.41. The van der Waals surface area contributed by atoms with E-state index in [1.807, 2.05) is 36.4 Å². The van der Waals surface area contributed by atoms with Crippen LogP contribution in [-0.4, -0.2) is 12.5 Å². The third-order valence-corrected chi connectivity index (χ3v) is 4.21. The van der Waals surface area contributed by atoms with E-state index in [0.29, 0.717) is 6.42 Å². The van der Waals surface area contributed by atoms with Gasteiger partial charge in [0.15, 0.2) is 0 Å². The molecule has 2 aromatic rings. The second kappa shape index (κ2) is 5.83. The average Bonchev–Trinajstić information content (AvgIpc) is 2.89. The summed E-state index contributed by atoms with van der Waals surface area (Å²) in [6.07, 6.45) is 1.32. The van der Waals surface area contributed by atoms with Crippen LogP contribution in [0.3, 0.4) is 0 Å². The Bertz CT molecular complexity index is 655. The molecule has 4 heteroatoms. The van der Waals surface area contributed by atoms with Gasteiger partial charge in [0.05, 0.1) is 18.7 Å². The van der Waals surface area contributed by atoms with Crippen molar-refractivity contribution >= 4 is 34.2 Å². The summed E-state index contributed by atoms with van der Waals surface area (Å²) < 4.78 is 6.51. The molecule has 0 bridgehead atoms. The van der Waals surface area contributed by atoms with Crippen molar-refractivity contribution in [3.05, 3.63) is 57.2 Å². The predicted molar refractivity (Wildman–Crippen MR) is 87.1 cm³/mol. The van der Waals surface area contributed by atoms with Gasteiger partial charge in [-0.2, -0.15) is 0 Å². The zero-order valence-electron chi connectivity index (χ0n) is 10.9. The van der Waals surface area contributed by atoms with Crippen molar-refractivity contribution in [1.29, 1.82) is 0 Å². The van der Waals surface area contributed by atoms with E-state index in [1.165, 1.54) is 5.56 Å². The molecule has 3 rings (SSSR count). The summed E-state index contributed by atoms with van der Waals surface area (Å²) in [6, 6.07) is 13.7. The Hall–Kier alpha value is -1.56. The van der Waals surface area contributed by atoms with Gasteiger partial charge in [0.2, 0.25) is 5.91 Å². The molecule has 0 saturated heterocycles. The summed E-state index contributed by atoms with van der Waals surface area (Å²) in [7, 11) is 0. The minimum Gasteiger partial charge on any atom is -0.493 e. The Labute approximate surface area is 131 Å². The van der Waals surface area contributed by atoms with E-state index in [-0.39, 0.29) is 5.91 Å². The number of ether oxygens (including phenoxy) is 1. The van der Waals surface area contributed by atoms with E-state index in [9.17, 15) is 4.79 Å². The minimum atomic E-state index is 0.00739. The van der Waals surface area contributed by atoms with Crippen LogP contribution >= 0.6 is 22.6 Å². The number of carbonyl (C=O) groups is 1. The zero-order valence-corrected chi connectivity index (χ0v) is 13.0. The van der Waals surface area contributed by atoms with Crippen LogP contribution in [0.4, 0.5) is 5.69 Å². The van der Waals surface area contributed by atoms with E-state index in [0.717, 1.165) is 33.6 Å². The number of halogens is 1. The Balaban J connectivity index is 1.69. The molecule has 0 atom stereocenters. The van der Waals surface area contributed by atoms with Gasteiger partial charge in [0, 0.05) is 9.99 Å². The lowest BCUT2D eigenvalue weighted by atomic mass is 10.1. The zero-order chi connectivity index (χ0) is 13.9. The van der Waals surface area contributed by atoms with Gasteiger partial charge >= 0.3 is 0 Å². The number of amides is 1. The van der Waals surface area contributed by atoms with Crippen molar-refractivity contribution in [2.24, 2.45) is 0 Å². The number of rotatable bonds is 3. The number of nitrogens with one attached hydrogen (secondary N) is 1. The summed E-state index contributed by atoms with van der Waals surface area (Å²) >= 11 is 2.22. The number of benzene rings is 2. The van der Waals surface area contributed by atoms with Crippen LogP contribution < -0.4 is 10.1 Å². The highest BCUT2D eigenvalue weighted by Crippen LogP contribution is 2.26. The fraction of sp³-hybridized carbons (Fsp3) is 0.188. The van der Waals surface area contributed by atoms with Gasteiger partial charge in [-0.05, 0) is 51.9 Å². The molecule has 0 saturated carbocycles. The maximum Gasteiger partial charge on any atom is 0.228 e. The van der Waals surface area contributed by atoms with Crippen molar-refractivity contribution in [1.82, 2.24) is 0 Å². The van der Waals surface area contributed by atoms with Gasteiger partial charge in [-0.15, -0.1) is 0 Å². The molecule has 1 aliphatic heterocycles. The lowest BCUT2D eigenvalue weighted by Gasteiger charge is -2.08. The van der Waals surface area contributed by atoms with E-state index in [2.05, 4.69) is 34.0 Å². The number of carbonyl (C=O) groups excluding carboxylic acids is 1. The smallest absolute Gasteiger partial charge is 0.228 e. The monoisotopic (exact) mass is 379 g/mol. The quantitative estimate of drug-likeness (QED) is 0.831. The van der Waals surface area contributed by atoms with Gasteiger partial charge in [-0.3, -0.25) is 4.79 Å². The number of para-hydroxylation sites is 1. The van der Waals surface area contributed by atoms with E-state index < -0.39 is 0 Å². The molecule has 102 valence electrons. The van der Waals surface area contributed by atoms with Gasteiger partial charge in [-0.25, -0.2) is 0 Å². The molecule has 2 aromatic carbocycles. The Morgan fingerprint density at radius 1 is 1.25 bits per heavy atom. The molecule has 1 aliphatic rings. The summed E-state index contributed by atoms with van der Waals surface area (Å²) in [4.78, 5) is 12.1. The van der Waals surface area contributed by atoms with Crippen molar-refractivity contribution in [2.75, 3.05) is 11.9 Å². The van der Waals surface area contributed by atoms with Crippen LogP contribution in [0.1, 0.15) is 11.1 Å². The highest BCUT2D eigenvalue weighted by atomic mass is 127. The fourth-order valence-corrected chi connectivity index (χ4v) is 2.81. The molecule has 1 amide bonds. The van der Waals surface area contributed by atoms with Crippen LogP contribution in [0.2, 0.25) is 0 Å². The Morgan fingerprint density at radius 3 is 2.95 bits per heavy atom. The first-order valence-corrected chi connectivity index (χ1v) is 7.59. The highest BCUT2D eigenvalue weighted by Gasteiger charge is 2.13. The first kappa shape index (κ1) is 13.4. The van der Waals surface area contributed by atoms with Gasteiger partial charge in [-0.1, -0.05) is 24.3 Å². The number of hydrogen-bond acceptors (Lipinski definition) is 2. The van der Waals surface area contributed by atoms with E-state index in [4.69, 9.17) is 4.74 Å². The molecule has 1 N–H and O–H groups in total. The normalized spacial score (nSPS) is 12.7. The van der Waals surface area contributed by atoms with Crippen molar-refractivity contribution < 1.29 is 9.53 Å². The van der Waals surface area contributed by atoms with Crippen molar-refractivity contribution in [3.8, 4) is 5.75 Å². The standard InChI is InChI=1S/C16H14INO2/c17-13-3-1-2-4-14(13)18-16(19)10-11-5-6-15-12(9-11)7-8-20-15/h1-6,9H,7-8,10H2,(H,18,19). The largest absolute Gasteiger partial charge is 0.493 e. The first-order valence-electron chi connectivity index (χ1n) is 6.51. The molecule has 0 unspecified atom stereocenters. The first-order chi connectivity index (χ1) is 9.72. The van der Waals surface area contributed by atoms with Crippen LogP contribution in [0.5, 0.6) is 5.75 Å². The van der Waals surface area contributed by atoms with Crippen molar-refractivity contribution in [3.63, 3.8) is 0 Å². The Morgan fingerprint density at radius 2 is 2.10 bits per heavy atom. The van der Waals surface area contributed by atoms with E-state index >= 15 is 0 Å². The third kappa shape index (κ3) is 2.95. The second-order valence-corrected chi connectivity index (χ2v) is 5.91. The van der Waals surface area contributed by atoms with Crippen molar-refractivity contribution in [2.45, 2.75) is 12.8 Å². The summed E-state index contributed by atoms with van der Waals surface area (Å²) in [5, 5.41) is 2.95. The molecule has 1 heterocycles. The van der Waals surface area contributed by atoms with Crippen LogP contribution in [0.25, 0.3) is 0 Å². The van der Waals surface area contributed by atoms with Crippen LogP contribution in [0.15, 0.2) is 42.5 Å².